The highest BCUT2D eigenvalue weighted by Crippen LogP contribution is 2.44. The monoisotopic (exact) mass is 472 g/mol. The maximum atomic E-state index is 13.3. The van der Waals surface area contributed by atoms with E-state index in [1.165, 1.54) is 0 Å². The molecule has 3 aliphatic rings. The van der Waals surface area contributed by atoms with Crippen LogP contribution in [0.5, 0.6) is 0 Å². The smallest absolute Gasteiger partial charge is 0.326 e. The van der Waals surface area contributed by atoms with Crippen molar-refractivity contribution in [1.29, 1.82) is 0 Å². The molecule has 3 N–H and O–H groups in total. The van der Waals surface area contributed by atoms with E-state index in [9.17, 15) is 19.5 Å². The highest BCUT2D eigenvalue weighted by Gasteiger charge is 2.62. The van der Waals surface area contributed by atoms with Crippen LogP contribution in [0.2, 0.25) is 0 Å². The molecule has 0 bridgehead atoms. The number of aliphatic carboxylic acids is 1. The lowest BCUT2D eigenvalue weighted by Crippen LogP contribution is -2.62. The Kier molecular flexibility index (Phi) is 7.12. The molecule has 188 valence electrons. The fourth-order valence-corrected chi connectivity index (χ4v) is 4.35. The zero-order valence-corrected chi connectivity index (χ0v) is 20.4. The first-order chi connectivity index (χ1) is 15.1. The normalized spacial score (nSPS) is 33.8. The summed E-state index contributed by atoms with van der Waals surface area (Å²) in [4.78, 5) is 37.7. The van der Waals surface area contributed by atoms with E-state index in [1.54, 1.807) is 55.4 Å². The van der Waals surface area contributed by atoms with E-state index in [2.05, 4.69) is 10.6 Å². The van der Waals surface area contributed by atoms with Crippen molar-refractivity contribution in [2.75, 3.05) is 0 Å². The first kappa shape index (κ1) is 25.8. The largest absolute Gasteiger partial charge is 0.480 e. The van der Waals surface area contributed by atoms with Gasteiger partial charge in [-0.25, -0.2) is 4.79 Å². The molecule has 3 heterocycles. The minimum atomic E-state index is -1.14. The van der Waals surface area contributed by atoms with Crippen molar-refractivity contribution in [3.05, 3.63) is 0 Å². The first-order valence-electron chi connectivity index (χ1n) is 11.3. The Balaban J connectivity index is 1.78. The van der Waals surface area contributed by atoms with Gasteiger partial charge in [0.1, 0.15) is 30.4 Å². The number of hydrogen-bond donors (Lipinski definition) is 3. The van der Waals surface area contributed by atoms with Crippen LogP contribution in [0, 0.1) is 11.8 Å². The molecule has 0 unspecified atom stereocenters. The Bertz CT molecular complexity index is 782. The summed E-state index contributed by atoms with van der Waals surface area (Å²) < 4.78 is 29.7. The second-order valence-electron chi connectivity index (χ2n) is 10.4. The van der Waals surface area contributed by atoms with Gasteiger partial charge in [0.2, 0.25) is 5.91 Å². The zero-order valence-electron chi connectivity index (χ0n) is 20.4. The third-order valence-corrected chi connectivity index (χ3v) is 5.89. The summed E-state index contributed by atoms with van der Waals surface area (Å²) in [6.07, 6.45) is -3.94. The van der Waals surface area contributed by atoms with E-state index in [4.69, 9.17) is 23.7 Å². The Hall–Kier alpha value is -1.79. The quantitative estimate of drug-likeness (QED) is 0.489. The van der Waals surface area contributed by atoms with E-state index >= 15 is 0 Å². The number of nitrogens with one attached hydrogen (secondary N) is 2. The van der Waals surface area contributed by atoms with E-state index < -0.39 is 72.1 Å². The number of carboxylic acid groups (broad SMARTS) is 1. The molecule has 0 aromatic rings. The fourth-order valence-electron chi connectivity index (χ4n) is 4.35. The van der Waals surface area contributed by atoms with Crippen molar-refractivity contribution in [2.45, 2.75) is 110 Å². The minimum Gasteiger partial charge on any atom is -0.480 e. The molecule has 33 heavy (non-hydrogen) atoms. The van der Waals surface area contributed by atoms with Crippen molar-refractivity contribution < 1.29 is 43.2 Å². The van der Waals surface area contributed by atoms with E-state index in [0.29, 0.717) is 0 Å². The van der Waals surface area contributed by atoms with Gasteiger partial charge in [0.15, 0.2) is 24.0 Å². The molecule has 7 atom stereocenters. The molecule has 11 heteroatoms. The highest BCUT2D eigenvalue weighted by atomic mass is 16.9. The standard InChI is InChI=1S/C22H36N2O9/c1-9(2)11(17(25)24-12(10(3)4)19(27)28)23-18(26)15-13-14(31-21(5,6)30-13)16-20(29-15)33-22(7,8)32-16/h9-16,20H,1-8H3,(H,23,26)(H,24,25)(H,27,28)/t11-,12-,13-,14+,15-,16-,20-/m1/s1. The first-order valence-corrected chi connectivity index (χ1v) is 11.3. The van der Waals surface area contributed by atoms with Crippen molar-refractivity contribution in [3.63, 3.8) is 0 Å². The van der Waals surface area contributed by atoms with Crippen LogP contribution in [0.3, 0.4) is 0 Å². The van der Waals surface area contributed by atoms with Gasteiger partial charge in [-0.05, 0) is 39.5 Å². The number of rotatable bonds is 7. The number of carboxylic acids is 1. The lowest BCUT2D eigenvalue weighted by molar-refractivity contribution is -0.231. The number of hydrogen-bond acceptors (Lipinski definition) is 8. The topological polar surface area (TPSA) is 142 Å². The lowest BCUT2D eigenvalue weighted by atomic mass is 9.96. The van der Waals surface area contributed by atoms with Crippen molar-refractivity contribution in [3.8, 4) is 0 Å². The number of carbonyl (C=O) groups excluding carboxylic acids is 2. The molecule has 3 aliphatic heterocycles. The summed E-state index contributed by atoms with van der Waals surface area (Å²) in [5.41, 5.74) is 0. The Morgan fingerprint density at radius 2 is 1.27 bits per heavy atom. The molecule has 3 saturated heterocycles. The highest BCUT2D eigenvalue weighted by molar-refractivity contribution is 5.92. The molecule has 0 aliphatic carbocycles. The van der Waals surface area contributed by atoms with Gasteiger partial charge in [-0.2, -0.15) is 0 Å². The number of fused-ring (bicyclic) bond motifs is 3. The molecular formula is C22H36N2O9. The fraction of sp³-hybridized carbons (Fsp3) is 0.864. The summed E-state index contributed by atoms with van der Waals surface area (Å²) in [7, 11) is 0. The van der Waals surface area contributed by atoms with Crippen LogP contribution in [0.1, 0.15) is 55.4 Å². The maximum Gasteiger partial charge on any atom is 0.326 e. The third kappa shape index (κ3) is 5.48. The molecule has 0 spiro atoms. The van der Waals surface area contributed by atoms with Crippen LogP contribution in [0.4, 0.5) is 0 Å². The van der Waals surface area contributed by atoms with Gasteiger partial charge in [0.05, 0.1) is 0 Å². The second kappa shape index (κ2) is 9.10. The summed E-state index contributed by atoms with van der Waals surface area (Å²) in [6.45, 7) is 13.9. The maximum absolute atomic E-state index is 13.3. The van der Waals surface area contributed by atoms with E-state index in [0.717, 1.165) is 0 Å². The Morgan fingerprint density at radius 3 is 1.82 bits per heavy atom. The van der Waals surface area contributed by atoms with Gasteiger partial charge in [-0.3, -0.25) is 9.59 Å². The molecule has 2 amide bonds. The molecular weight excluding hydrogens is 436 g/mol. The van der Waals surface area contributed by atoms with Crippen LogP contribution in [-0.4, -0.2) is 77.3 Å². The van der Waals surface area contributed by atoms with Crippen LogP contribution >= 0.6 is 0 Å². The van der Waals surface area contributed by atoms with Gasteiger partial charge in [0, 0.05) is 0 Å². The number of ether oxygens (including phenoxy) is 5. The summed E-state index contributed by atoms with van der Waals surface area (Å²) in [5.74, 6) is -4.85. The summed E-state index contributed by atoms with van der Waals surface area (Å²) >= 11 is 0. The van der Waals surface area contributed by atoms with Gasteiger partial charge in [-0.15, -0.1) is 0 Å². The average Bonchev–Trinajstić information content (AvgIpc) is 3.15. The van der Waals surface area contributed by atoms with Crippen LogP contribution in [0.25, 0.3) is 0 Å². The van der Waals surface area contributed by atoms with E-state index in [-0.39, 0.29) is 11.8 Å². The molecule has 0 saturated carbocycles. The third-order valence-electron chi connectivity index (χ3n) is 5.89. The average molecular weight is 473 g/mol. The molecule has 0 aromatic carbocycles. The van der Waals surface area contributed by atoms with Crippen LogP contribution in [0.15, 0.2) is 0 Å². The minimum absolute atomic E-state index is 0.315. The zero-order chi connectivity index (χ0) is 24.9. The SMILES string of the molecule is CC(C)[C@@H](NC(=O)[C@H](NC(=O)[C@@H]1O[C@@H]2OC(C)(C)O[C@@H]2[C@H]2OC(C)(C)O[C@H]21)C(C)C)C(=O)O. The van der Waals surface area contributed by atoms with Gasteiger partial charge >= 0.3 is 5.97 Å². The van der Waals surface area contributed by atoms with E-state index in [1.807, 2.05) is 0 Å². The lowest BCUT2D eigenvalue weighted by Gasteiger charge is -2.37. The van der Waals surface area contributed by atoms with Crippen molar-refractivity contribution in [2.24, 2.45) is 11.8 Å². The summed E-state index contributed by atoms with van der Waals surface area (Å²) in [6, 6.07) is -2.06. The number of carbonyl (C=O) groups is 3. The molecule has 0 aromatic heterocycles. The molecule has 3 fully saturated rings. The van der Waals surface area contributed by atoms with Crippen LogP contribution in [-0.2, 0) is 38.1 Å². The molecule has 3 rings (SSSR count). The van der Waals surface area contributed by atoms with Gasteiger partial charge < -0.3 is 39.4 Å². The number of amides is 2. The predicted octanol–water partition coefficient (Wildman–Crippen LogP) is 0.749. The Morgan fingerprint density at radius 1 is 0.758 bits per heavy atom. The van der Waals surface area contributed by atoms with Gasteiger partial charge in [-0.1, -0.05) is 27.7 Å². The van der Waals surface area contributed by atoms with Crippen LogP contribution < -0.4 is 10.6 Å². The molecule has 0 radical (unpaired) electrons. The van der Waals surface area contributed by atoms with Gasteiger partial charge in [0.25, 0.3) is 5.91 Å². The summed E-state index contributed by atoms with van der Waals surface area (Å²) in [5, 5.41) is 14.6. The predicted molar refractivity (Wildman–Crippen MR) is 114 cm³/mol. The van der Waals surface area contributed by atoms with Crippen molar-refractivity contribution >= 4 is 17.8 Å². The van der Waals surface area contributed by atoms with Crippen molar-refractivity contribution in [1.82, 2.24) is 10.6 Å². The molecule has 11 nitrogen and oxygen atoms in total. The Labute approximate surface area is 193 Å². The second-order valence-corrected chi connectivity index (χ2v) is 10.4.